The van der Waals surface area contributed by atoms with E-state index in [1.807, 2.05) is 0 Å². The molecule has 1 saturated heterocycles. The zero-order chi connectivity index (χ0) is 13.9. The Morgan fingerprint density at radius 3 is 2.89 bits per heavy atom. The van der Waals surface area contributed by atoms with Gasteiger partial charge in [0.25, 0.3) is 0 Å². The number of amides is 1. The third kappa shape index (κ3) is 3.04. The lowest BCUT2D eigenvalue weighted by Gasteiger charge is -2.28. The third-order valence-electron chi connectivity index (χ3n) is 3.55. The van der Waals surface area contributed by atoms with Crippen molar-refractivity contribution >= 4 is 34.8 Å². The number of hydrogen-bond acceptors (Lipinski definition) is 2. The van der Waals surface area contributed by atoms with Crippen molar-refractivity contribution < 1.29 is 4.79 Å². The van der Waals surface area contributed by atoms with Crippen LogP contribution in [0.15, 0.2) is 18.2 Å². The molecule has 0 aromatic heterocycles. The fraction of sp³-hybridized carbons (Fsp3) is 0.500. The number of halogens is 2. The summed E-state index contributed by atoms with van der Waals surface area (Å²) < 4.78 is 0. The van der Waals surface area contributed by atoms with Gasteiger partial charge in [0, 0.05) is 0 Å². The van der Waals surface area contributed by atoms with Crippen molar-refractivity contribution in [2.75, 3.05) is 11.9 Å². The van der Waals surface area contributed by atoms with Gasteiger partial charge in [-0.1, -0.05) is 42.6 Å². The molecule has 0 radical (unpaired) electrons. The highest BCUT2D eigenvalue weighted by Crippen LogP contribution is 2.32. The van der Waals surface area contributed by atoms with Crippen LogP contribution >= 0.6 is 23.2 Å². The first-order valence-electron chi connectivity index (χ1n) is 6.59. The number of benzene rings is 1. The van der Waals surface area contributed by atoms with Gasteiger partial charge in [-0.05, 0) is 37.9 Å². The van der Waals surface area contributed by atoms with Crippen LogP contribution in [0.1, 0.15) is 32.6 Å². The van der Waals surface area contributed by atoms with Gasteiger partial charge in [0.05, 0.1) is 21.3 Å². The van der Waals surface area contributed by atoms with E-state index in [9.17, 15) is 4.79 Å². The average Bonchev–Trinajstić information content (AvgIpc) is 2.85. The second-order valence-corrected chi connectivity index (χ2v) is 5.70. The first kappa shape index (κ1) is 14.6. The Kier molecular flexibility index (Phi) is 4.71. The molecule has 19 heavy (non-hydrogen) atoms. The van der Waals surface area contributed by atoms with Gasteiger partial charge >= 0.3 is 0 Å². The zero-order valence-electron chi connectivity index (χ0n) is 10.9. The monoisotopic (exact) mass is 300 g/mol. The molecule has 1 amide bonds. The topological polar surface area (TPSA) is 41.1 Å². The summed E-state index contributed by atoms with van der Waals surface area (Å²) in [6.45, 7) is 2.97. The molecule has 0 bridgehead atoms. The van der Waals surface area contributed by atoms with E-state index in [1.165, 1.54) is 0 Å². The Morgan fingerprint density at radius 2 is 2.26 bits per heavy atom. The largest absolute Gasteiger partial charge is 0.323 e. The quantitative estimate of drug-likeness (QED) is 0.886. The molecule has 2 rings (SSSR count). The first-order chi connectivity index (χ1) is 9.09. The summed E-state index contributed by atoms with van der Waals surface area (Å²) in [7, 11) is 0. The summed E-state index contributed by atoms with van der Waals surface area (Å²) in [5.41, 5.74) is 0.115. The van der Waals surface area contributed by atoms with Crippen molar-refractivity contribution in [3.8, 4) is 0 Å². The van der Waals surface area contributed by atoms with Crippen molar-refractivity contribution in [3.63, 3.8) is 0 Å². The molecule has 1 aromatic carbocycles. The fourth-order valence-corrected chi connectivity index (χ4v) is 2.94. The van der Waals surface area contributed by atoms with E-state index in [1.54, 1.807) is 18.2 Å². The molecule has 1 aliphatic heterocycles. The van der Waals surface area contributed by atoms with E-state index in [2.05, 4.69) is 17.6 Å². The highest BCUT2D eigenvalue weighted by Gasteiger charge is 2.40. The van der Waals surface area contributed by atoms with Crippen molar-refractivity contribution in [1.29, 1.82) is 0 Å². The van der Waals surface area contributed by atoms with Crippen LogP contribution in [0.2, 0.25) is 10.0 Å². The lowest BCUT2D eigenvalue weighted by atomic mass is 9.91. The normalized spacial score (nSPS) is 22.5. The number of carbonyl (C=O) groups excluding carboxylic acids is 1. The van der Waals surface area contributed by atoms with Gasteiger partial charge in [-0.2, -0.15) is 0 Å². The molecule has 1 fully saturated rings. The highest BCUT2D eigenvalue weighted by atomic mass is 35.5. The van der Waals surface area contributed by atoms with Crippen LogP contribution in [0, 0.1) is 0 Å². The minimum absolute atomic E-state index is 0.0176. The molecule has 1 heterocycles. The maximum Gasteiger partial charge on any atom is 0.244 e. The minimum atomic E-state index is -0.458. The van der Waals surface area contributed by atoms with Gasteiger partial charge in [-0.25, -0.2) is 0 Å². The predicted molar refractivity (Wildman–Crippen MR) is 80.0 cm³/mol. The first-order valence-corrected chi connectivity index (χ1v) is 7.35. The molecular weight excluding hydrogens is 283 g/mol. The molecule has 1 atom stereocenters. The fourth-order valence-electron chi connectivity index (χ4n) is 2.60. The maximum atomic E-state index is 12.5. The van der Waals surface area contributed by atoms with Gasteiger partial charge < -0.3 is 10.6 Å². The van der Waals surface area contributed by atoms with Crippen molar-refractivity contribution in [3.05, 3.63) is 28.2 Å². The number of rotatable bonds is 4. The Balaban J connectivity index is 2.17. The Hall–Kier alpha value is -0.770. The lowest BCUT2D eigenvalue weighted by Crippen LogP contribution is -2.50. The Bertz CT molecular complexity index is 471. The molecule has 1 aromatic rings. The molecule has 0 spiro atoms. The number of nitrogens with one attached hydrogen (secondary N) is 2. The van der Waals surface area contributed by atoms with E-state index in [0.717, 1.165) is 32.2 Å². The lowest BCUT2D eigenvalue weighted by molar-refractivity contribution is -0.122. The SMILES string of the molecule is CCCC1(C(=O)Nc2cccc(Cl)c2Cl)CCCN1. The van der Waals surface area contributed by atoms with Gasteiger partial charge in [0.2, 0.25) is 5.91 Å². The summed E-state index contributed by atoms with van der Waals surface area (Å²) in [4.78, 5) is 12.5. The molecule has 5 heteroatoms. The van der Waals surface area contributed by atoms with E-state index in [4.69, 9.17) is 23.2 Å². The average molecular weight is 301 g/mol. The highest BCUT2D eigenvalue weighted by molar-refractivity contribution is 6.44. The molecule has 1 aliphatic rings. The number of anilines is 1. The van der Waals surface area contributed by atoms with Crippen LogP contribution in [0.4, 0.5) is 5.69 Å². The van der Waals surface area contributed by atoms with Gasteiger partial charge in [-0.15, -0.1) is 0 Å². The Morgan fingerprint density at radius 1 is 1.47 bits per heavy atom. The summed E-state index contributed by atoms with van der Waals surface area (Å²) >= 11 is 12.1. The Labute approximate surface area is 123 Å². The number of hydrogen-bond donors (Lipinski definition) is 2. The minimum Gasteiger partial charge on any atom is -0.323 e. The van der Waals surface area contributed by atoms with Crippen molar-refractivity contribution in [1.82, 2.24) is 5.32 Å². The van der Waals surface area contributed by atoms with Crippen LogP contribution in [-0.2, 0) is 4.79 Å². The van der Waals surface area contributed by atoms with Crippen LogP contribution < -0.4 is 10.6 Å². The third-order valence-corrected chi connectivity index (χ3v) is 4.37. The summed E-state index contributed by atoms with van der Waals surface area (Å²) in [6, 6.07) is 5.24. The molecule has 0 aliphatic carbocycles. The van der Waals surface area contributed by atoms with E-state index >= 15 is 0 Å². The second-order valence-electron chi connectivity index (χ2n) is 4.92. The van der Waals surface area contributed by atoms with E-state index in [-0.39, 0.29) is 5.91 Å². The van der Waals surface area contributed by atoms with Crippen molar-refractivity contribution in [2.24, 2.45) is 0 Å². The zero-order valence-corrected chi connectivity index (χ0v) is 12.4. The smallest absolute Gasteiger partial charge is 0.244 e. The van der Waals surface area contributed by atoms with Crippen LogP contribution in [0.3, 0.4) is 0 Å². The summed E-state index contributed by atoms with van der Waals surface area (Å²) in [6.07, 6.45) is 3.68. The van der Waals surface area contributed by atoms with Gasteiger partial charge in [0.15, 0.2) is 0 Å². The molecule has 0 saturated carbocycles. The molecular formula is C14H18Cl2N2O. The summed E-state index contributed by atoms with van der Waals surface area (Å²) in [5.74, 6) is -0.0176. The van der Waals surface area contributed by atoms with Crippen LogP contribution in [0.5, 0.6) is 0 Å². The molecule has 2 N–H and O–H groups in total. The molecule has 1 unspecified atom stereocenters. The van der Waals surface area contributed by atoms with E-state index < -0.39 is 5.54 Å². The molecule has 104 valence electrons. The maximum absolute atomic E-state index is 12.5. The standard InChI is InChI=1S/C14H18Cl2N2O/c1-2-7-14(8-4-9-17-14)13(19)18-11-6-3-5-10(15)12(11)16/h3,5-6,17H,2,4,7-9H2,1H3,(H,18,19). The number of carbonyl (C=O) groups is 1. The van der Waals surface area contributed by atoms with Crippen LogP contribution in [0.25, 0.3) is 0 Å². The van der Waals surface area contributed by atoms with Gasteiger partial charge in [-0.3, -0.25) is 4.79 Å². The van der Waals surface area contributed by atoms with Crippen LogP contribution in [-0.4, -0.2) is 18.0 Å². The van der Waals surface area contributed by atoms with Gasteiger partial charge in [0.1, 0.15) is 0 Å². The van der Waals surface area contributed by atoms with E-state index in [0.29, 0.717) is 15.7 Å². The second kappa shape index (κ2) is 6.12. The predicted octanol–water partition coefficient (Wildman–Crippen LogP) is 3.85. The molecule has 3 nitrogen and oxygen atoms in total. The van der Waals surface area contributed by atoms with Crippen molar-refractivity contribution in [2.45, 2.75) is 38.1 Å². The summed E-state index contributed by atoms with van der Waals surface area (Å²) in [5, 5.41) is 7.08.